The van der Waals surface area contributed by atoms with Gasteiger partial charge in [-0.1, -0.05) is 0 Å². The fourth-order valence-electron chi connectivity index (χ4n) is 2.84. The van der Waals surface area contributed by atoms with Crippen molar-refractivity contribution in [2.24, 2.45) is 0 Å². The molecule has 0 radical (unpaired) electrons. The van der Waals surface area contributed by atoms with Crippen molar-refractivity contribution in [3.63, 3.8) is 0 Å². The van der Waals surface area contributed by atoms with Crippen LogP contribution in [0.25, 0.3) is 0 Å². The third-order valence-corrected chi connectivity index (χ3v) is 3.43. The van der Waals surface area contributed by atoms with Gasteiger partial charge in [0.05, 0.1) is 6.61 Å². The Morgan fingerprint density at radius 1 is 0.833 bits per heavy atom. The zero-order valence-corrected chi connectivity index (χ0v) is 11.1. The van der Waals surface area contributed by atoms with Gasteiger partial charge >= 0.3 is 0 Å². The van der Waals surface area contributed by atoms with Gasteiger partial charge in [0.25, 0.3) is 0 Å². The summed E-state index contributed by atoms with van der Waals surface area (Å²) >= 11 is 0. The Labute approximate surface area is 106 Å². The molecule has 0 spiro atoms. The predicted molar refractivity (Wildman–Crippen MR) is 59.6 cm³/mol. The molecule has 2 unspecified atom stereocenters. The van der Waals surface area contributed by atoms with Crippen LogP contribution in [-0.2, 0) is 23.7 Å². The van der Waals surface area contributed by atoms with E-state index in [1.165, 1.54) is 0 Å². The minimum Gasteiger partial charge on any atom is -0.394 e. The molecule has 0 bridgehead atoms. The number of rotatable bonds is 1. The van der Waals surface area contributed by atoms with E-state index in [0.29, 0.717) is 0 Å². The Bertz CT molecular complexity index is 341. The number of ether oxygens (including phenoxy) is 5. The highest BCUT2D eigenvalue weighted by atomic mass is 16.9. The van der Waals surface area contributed by atoms with Crippen molar-refractivity contribution in [1.82, 2.24) is 0 Å². The maximum Gasteiger partial charge on any atom is 0.190 e. The smallest absolute Gasteiger partial charge is 0.190 e. The van der Waals surface area contributed by atoms with Crippen LogP contribution in [0.2, 0.25) is 0 Å². The molecule has 3 rings (SSSR count). The Hall–Kier alpha value is -0.240. The second-order valence-corrected chi connectivity index (χ2v) is 5.89. The van der Waals surface area contributed by atoms with E-state index >= 15 is 0 Å². The summed E-state index contributed by atoms with van der Waals surface area (Å²) in [6, 6.07) is 0. The molecule has 6 nitrogen and oxygen atoms in total. The van der Waals surface area contributed by atoms with Crippen LogP contribution in [0, 0.1) is 0 Å². The summed E-state index contributed by atoms with van der Waals surface area (Å²) < 4.78 is 28.9. The van der Waals surface area contributed by atoms with E-state index in [-0.39, 0.29) is 24.9 Å². The van der Waals surface area contributed by atoms with Crippen molar-refractivity contribution in [3.8, 4) is 0 Å². The number of aliphatic hydroxyl groups excluding tert-OH is 1. The summed E-state index contributed by atoms with van der Waals surface area (Å²) in [5.74, 6) is -1.41. The van der Waals surface area contributed by atoms with Crippen LogP contribution in [0.3, 0.4) is 0 Å². The molecule has 0 aromatic carbocycles. The van der Waals surface area contributed by atoms with E-state index in [1.54, 1.807) is 0 Å². The average molecular weight is 260 g/mol. The molecule has 18 heavy (non-hydrogen) atoms. The molecule has 0 saturated carbocycles. The van der Waals surface area contributed by atoms with E-state index in [2.05, 4.69) is 0 Å². The molecule has 1 N–H and O–H groups in total. The first-order valence-corrected chi connectivity index (χ1v) is 6.29. The zero-order chi connectivity index (χ0) is 13.1. The first-order chi connectivity index (χ1) is 8.31. The molecule has 0 aromatic rings. The number of aliphatic hydroxyl groups is 1. The Kier molecular flexibility index (Phi) is 2.75. The van der Waals surface area contributed by atoms with Crippen LogP contribution in [0.15, 0.2) is 0 Å². The molecule has 3 aliphatic rings. The lowest BCUT2D eigenvalue weighted by molar-refractivity contribution is -0.240. The number of hydrogen-bond acceptors (Lipinski definition) is 6. The molecule has 5 atom stereocenters. The van der Waals surface area contributed by atoms with Gasteiger partial charge in [0.15, 0.2) is 17.9 Å². The van der Waals surface area contributed by atoms with E-state index in [4.69, 9.17) is 23.7 Å². The molecular formula is C12H20O6. The van der Waals surface area contributed by atoms with Crippen LogP contribution in [0.1, 0.15) is 27.7 Å². The van der Waals surface area contributed by atoms with Crippen LogP contribution in [-0.4, -0.2) is 54.0 Å². The van der Waals surface area contributed by atoms with Gasteiger partial charge in [-0.2, -0.15) is 0 Å². The summed E-state index contributed by atoms with van der Waals surface area (Å²) in [4.78, 5) is 0. The van der Waals surface area contributed by atoms with Crippen LogP contribution < -0.4 is 0 Å². The number of hydrogen-bond donors (Lipinski definition) is 1. The zero-order valence-electron chi connectivity index (χ0n) is 11.1. The second-order valence-electron chi connectivity index (χ2n) is 5.89. The third kappa shape index (κ3) is 1.97. The molecule has 3 aliphatic heterocycles. The van der Waals surface area contributed by atoms with Gasteiger partial charge < -0.3 is 28.8 Å². The van der Waals surface area contributed by atoms with E-state index in [0.717, 1.165) is 0 Å². The van der Waals surface area contributed by atoms with Crippen LogP contribution in [0.5, 0.6) is 0 Å². The van der Waals surface area contributed by atoms with Gasteiger partial charge in [0, 0.05) is 0 Å². The van der Waals surface area contributed by atoms with Crippen molar-refractivity contribution in [3.05, 3.63) is 0 Å². The number of fused-ring (bicyclic) bond motifs is 3. The summed E-state index contributed by atoms with van der Waals surface area (Å²) in [5.41, 5.74) is 0. The molecule has 3 fully saturated rings. The molecule has 104 valence electrons. The Morgan fingerprint density at radius 3 is 2.06 bits per heavy atom. The quantitative estimate of drug-likeness (QED) is 0.735. The van der Waals surface area contributed by atoms with Gasteiger partial charge in [-0.25, -0.2) is 0 Å². The summed E-state index contributed by atoms with van der Waals surface area (Å²) in [6.07, 6.45) is -1.90. The van der Waals surface area contributed by atoms with Crippen molar-refractivity contribution in [2.45, 2.75) is 70.0 Å². The highest BCUT2D eigenvalue weighted by Gasteiger charge is 2.60. The van der Waals surface area contributed by atoms with Gasteiger partial charge in [-0.3, -0.25) is 0 Å². The predicted octanol–water partition coefficient (Wildman–Crippen LogP) is 0.375. The summed E-state index contributed by atoms with van der Waals surface area (Å²) in [7, 11) is 0. The monoisotopic (exact) mass is 260 g/mol. The highest BCUT2D eigenvalue weighted by molar-refractivity contribution is 4.99. The lowest BCUT2D eigenvalue weighted by atomic mass is 9.99. The highest BCUT2D eigenvalue weighted by Crippen LogP contribution is 2.43. The molecular weight excluding hydrogens is 240 g/mol. The standard InChI is InChI=1S/C12H20O6/c1-11(2)15-7-6(5-13)14-10-9(8(7)16-11)17-12(3,4)18-10/h6-10,13H,5H2,1-4H3/t6?,7-,8-,9-,10?/m0/s1. The second kappa shape index (κ2) is 3.88. The van der Waals surface area contributed by atoms with Crippen LogP contribution >= 0.6 is 0 Å². The summed E-state index contributed by atoms with van der Waals surface area (Å²) in [6.45, 7) is 7.22. The molecule has 0 aliphatic carbocycles. The van der Waals surface area contributed by atoms with E-state index in [1.807, 2.05) is 27.7 Å². The molecule has 0 amide bonds. The minimum atomic E-state index is -0.708. The topological polar surface area (TPSA) is 66.4 Å². The Morgan fingerprint density at radius 2 is 1.39 bits per heavy atom. The fraction of sp³-hybridized carbons (Fsp3) is 1.00. The maximum absolute atomic E-state index is 9.40. The van der Waals surface area contributed by atoms with Gasteiger partial charge in [-0.05, 0) is 27.7 Å². The van der Waals surface area contributed by atoms with Crippen molar-refractivity contribution in [1.29, 1.82) is 0 Å². The SMILES string of the molecule is CC1(C)OC2OC(CO)[C@@H]3OC(C)(C)O[C@@H]3[C@@H]2O1. The fourth-order valence-corrected chi connectivity index (χ4v) is 2.84. The minimum absolute atomic E-state index is 0.131. The van der Waals surface area contributed by atoms with Crippen molar-refractivity contribution < 1.29 is 28.8 Å². The van der Waals surface area contributed by atoms with Gasteiger partial charge in [0.2, 0.25) is 0 Å². The molecule has 3 heterocycles. The Balaban J connectivity index is 1.86. The van der Waals surface area contributed by atoms with Crippen molar-refractivity contribution >= 4 is 0 Å². The summed E-state index contributed by atoms with van der Waals surface area (Å²) in [5, 5.41) is 9.40. The third-order valence-electron chi connectivity index (χ3n) is 3.43. The molecule has 6 heteroatoms. The molecule has 0 aromatic heterocycles. The average Bonchev–Trinajstić information content (AvgIpc) is 2.71. The lowest BCUT2D eigenvalue weighted by Crippen LogP contribution is -2.56. The normalized spacial score (nSPS) is 48.8. The van der Waals surface area contributed by atoms with Gasteiger partial charge in [-0.15, -0.1) is 0 Å². The maximum atomic E-state index is 9.40. The van der Waals surface area contributed by atoms with Gasteiger partial charge in [0.1, 0.15) is 24.4 Å². The van der Waals surface area contributed by atoms with E-state index in [9.17, 15) is 5.11 Å². The van der Waals surface area contributed by atoms with E-state index < -0.39 is 24.0 Å². The first kappa shape index (κ1) is 12.8. The first-order valence-electron chi connectivity index (χ1n) is 6.29. The largest absolute Gasteiger partial charge is 0.394 e. The van der Waals surface area contributed by atoms with Crippen LogP contribution in [0.4, 0.5) is 0 Å². The lowest BCUT2D eigenvalue weighted by Gasteiger charge is -2.36. The molecule has 3 saturated heterocycles. The van der Waals surface area contributed by atoms with Crippen molar-refractivity contribution in [2.75, 3.05) is 6.61 Å².